The van der Waals surface area contributed by atoms with Crippen LogP contribution in [0.3, 0.4) is 0 Å². The minimum absolute atomic E-state index is 0.511. The van der Waals surface area contributed by atoms with E-state index in [1.165, 1.54) is 11.1 Å². The molecule has 0 saturated carbocycles. The number of hydrogen-bond acceptors (Lipinski definition) is 2. The fourth-order valence-electron chi connectivity index (χ4n) is 1.84. The summed E-state index contributed by atoms with van der Waals surface area (Å²) in [5, 5.41) is 0. The van der Waals surface area contributed by atoms with E-state index in [0.29, 0.717) is 6.61 Å². The van der Waals surface area contributed by atoms with Gasteiger partial charge in [-0.05, 0) is 48.7 Å². The third-order valence-electron chi connectivity index (χ3n) is 2.94. The fraction of sp³-hybridized carbons (Fsp3) is 0.167. The summed E-state index contributed by atoms with van der Waals surface area (Å²) in [6.07, 6.45) is 3.60. The summed E-state index contributed by atoms with van der Waals surface area (Å²) in [5.41, 5.74) is 4.41. The van der Waals surface area contributed by atoms with Gasteiger partial charge in [-0.2, -0.15) is 0 Å². The van der Waals surface area contributed by atoms with Crippen molar-refractivity contribution in [2.45, 2.75) is 13.8 Å². The van der Waals surface area contributed by atoms with Gasteiger partial charge in [0, 0.05) is 6.21 Å². The highest BCUT2D eigenvalue weighted by molar-refractivity contribution is 5.82. The van der Waals surface area contributed by atoms with E-state index in [1.807, 2.05) is 30.5 Å². The molecule has 2 nitrogen and oxygen atoms in total. The molecule has 0 fully saturated rings. The fourth-order valence-corrected chi connectivity index (χ4v) is 1.84. The van der Waals surface area contributed by atoms with Gasteiger partial charge in [0.15, 0.2) is 0 Å². The second-order valence-electron chi connectivity index (χ2n) is 4.72. The van der Waals surface area contributed by atoms with Crippen LogP contribution in [0, 0.1) is 13.8 Å². The van der Waals surface area contributed by atoms with E-state index in [4.69, 9.17) is 4.74 Å². The number of ether oxygens (including phenoxy) is 1. The first-order chi connectivity index (χ1) is 9.69. The van der Waals surface area contributed by atoms with Crippen molar-refractivity contribution in [2.24, 2.45) is 4.99 Å². The number of aliphatic imine (C=N–C) groups is 1. The van der Waals surface area contributed by atoms with Gasteiger partial charge in [0.25, 0.3) is 0 Å². The lowest BCUT2D eigenvalue weighted by Gasteiger charge is -2.04. The molecule has 0 aliphatic heterocycles. The molecule has 0 aliphatic carbocycles. The molecule has 0 aliphatic rings. The topological polar surface area (TPSA) is 21.6 Å². The summed E-state index contributed by atoms with van der Waals surface area (Å²) in [6, 6.07) is 14.1. The molecule has 2 aromatic rings. The zero-order valence-electron chi connectivity index (χ0n) is 12.0. The van der Waals surface area contributed by atoms with Crippen molar-refractivity contribution >= 4 is 11.9 Å². The Kier molecular flexibility index (Phi) is 4.72. The highest BCUT2D eigenvalue weighted by atomic mass is 16.5. The van der Waals surface area contributed by atoms with E-state index < -0.39 is 0 Å². The number of nitrogens with zero attached hydrogens (tertiary/aromatic N) is 1. The Morgan fingerprint density at radius 2 is 2.00 bits per heavy atom. The van der Waals surface area contributed by atoms with Crippen LogP contribution in [0.4, 0.5) is 5.69 Å². The minimum Gasteiger partial charge on any atom is -0.490 e. The van der Waals surface area contributed by atoms with Gasteiger partial charge in [-0.1, -0.05) is 36.9 Å². The van der Waals surface area contributed by atoms with Gasteiger partial charge in [-0.25, -0.2) is 0 Å². The van der Waals surface area contributed by atoms with Crippen LogP contribution in [0.2, 0.25) is 0 Å². The highest BCUT2D eigenvalue weighted by Crippen LogP contribution is 2.20. The zero-order chi connectivity index (χ0) is 14.4. The van der Waals surface area contributed by atoms with Gasteiger partial charge >= 0.3 is 0 Å². The zero-order valence-corrected chi connectivity index (χ0v) is 12.0. The summed E-state index contributed by atoms with van der Waals surface area (Å²) in [5.74, 6) is 0.829. The van der Waals surface area contributed by atoms with Crippen molar-refractivity contribution in [2.75, 3.05) is 6.61 Å². The average molecular weight is 265 g/mol. The first-order valence-electron chi connectivity index (χ1n) is 6.64. The van der Waals surface area contributed by atoms with Crippen molar-refractivity contribution in [3.63, 3.8) is 0 Å². The van der Waals surface area contributed by atoms with E-state index in [2.05, 4.69) is 43.6 Å². The number of benzene rings is 2. The van der Waals surface area contributed by atoms with Crippen LogP contribution in [-0.2, 0) is 0 Å². The summed E-state index contributed by atoms with van der Waals surface area (Å²) in [6.45, 7) is 8.29. The van der Waals surface area contributed by atoms with Crippen molar-refractivity contribution < 1.29 is 4.74 Å². The molecule has 0 aromatic heterocycles. The largest absolute Gasteiger partial charge is 0.490 e. The Bertz CT molecular complexity index is 629. The Morgan fingerprint density at radius 3 is 2.80 bits per heavy atom. The van der Waals surface area contributed by atoms with Crippen LogP contribution in [0.5, 0.6) is 5.75 Å². The van der Waals surface area contributed by atoms with Gasteiger partial charge in [-0.15, -0.1) is 0 Å². The van der Waals surface area contributed by atoms with E-state index in [-0.39, 0.29) is 0 Å². The average Bonchev–Trinajstić information content (AvgIpc) is 2.46. The first kappa shape index (κ1) is 14.1. The predicted molar refractivity (Wildman–Crippen MR) is 85.3 cm³/mol. The Balaban J connectivity index is 2.18. The van der Waals surface area contributed by atoms with Gasteiger partial charge in [0.2, 0.25) is 0 Å². The first-order valence-corrected chi connectivity index (χ1v) is 6.64. The summed E-state index contributed by atoms with van der Waals surface area (Å²) >= 11 is 0. The second-order valence-corrected chi connectivity index (χ2v) is 4.72. The van der Waals surface area contributed by atoms with E-state index in [9.17, 15) is 0 Å². The molecular formula is C18H19NO. The molecule has 102 valence electrons. The number of aryl methyl sites for hydroxylation is 2. The molecule has 0 saturated heterocycles. The van der Waals surface area contributed by atoms with E-state index in [1.54, 1.807) is 6.08 Å². The van der Waals surface area contributed by atoms with Crippen molar-refractivity contribution in [3.8, 4) is 5.75 Å². The molecule has 0 unspecified atom stereocenters. The Morgan fingerprint density at radius 1 is 1.15 bits per heavy atom. The van der Waals surface area contributed by atoms with Crippen LogP contribution >= 0.6 is 0 Å². The van der Waals surface area contributed by atoms with Crippen LogP contribution < -0.4 is 4.74 Å². The lowest BCUT2D eigenvalue weighted by Crippen LogP contribution is -1.93. The molecule has 0 atom stereocenters. The third kappa shape index (κ3) is 3.82. The quantitative estimate of drug-likeness (QED) is 0.571. The maximum Gasteiger partial charge on any atom is 0.120 e. The second kappa shape index (κ2) is 6.71. The third-order valence-corrected chi connectivity index (χ3v) is 2.94. The van der Waals surface area contributed by atoms with Crippen molar-refractivity contribution in [1.82, 2.24) is 0 Å². The summed E-state index contributed by atoms with van der Waals surface area (Å²) in [4.78, 5) is 4.56. The maximum atomic E-state index is 5.51. The number of rotatable bonds is 5. The van der Waals surface area contributed by atoms with Crippen LogP contribution in [0.1, 0.15) is 16.7 Å². The molecule has 0 amide bonds. The van der Waals surface area contributed by atoms with Crippen LogP contribution in [0.25, 0.3) is 0 Å². The Labute approximate surface area is 120 Å². The predicted octanol–water partition coefficient (Wildman–Crippen LogP) is 4.62. The van der Waals surface area contributed by atoms with E-state index in [0.717, 1.165) is 17.0 Å². The standard InChI is InChI=1S/C18H19NO/c1-4-10-20-17-7-5-6-16(12-17)13-19-18-11-14(2)8-9-15(18)3/h4-9,11-13H,1,10H2,2-3H3. The molecule has 2 aromatic carbocycles. The molecule has 0 bridgehead atoms. The van der Waals surface area contributed by atoms with Gasteiger partial charge in [-0.3, -0.25) is 4.99 Å². The summed E-state index contributed by atoms with van der Waals surface area (Å²) in [7, 11) is 0. The van der Waals surface area contributed by atoms with Crippen LogP contribution in [-0.4, -0.2) is 12.8 Å². The molecule has 0 N–H and O–H groups in total. The lowest BCUT2D eigenvalue weighted by molar-refractivity contribution is 0.363. The molecule has 0 spiro atoms. The molecular weight excluding hydrogens is 246 g/mol. The Hall–Kier alpha value is -2.35. The number of hydrogen-bond donors (Lipinski definition) is 0. The maximum absolute atomic E-state index is 5.51. The summed E-state index contributed by atoms with van der Waals surface area (Å²) < 4.78 is 5.51. The highest BCUT2D eigenvalue weighted by Gasteiger charge is 1.97. The van der Waals surface area contributed by atoms with E-state index >= 15 is 0 Å². The SMILES string of the molecule is C=CCOc1cccc(C=Nc2cc(C)ccc2C)c1. The van der Waals surface area contributed by atoms with Crippen LogP contribution in [0.15, 0.2) is 60.1 Å². The molecule has 2 heteroatoms. The minimum atomic E-state index is 0.511. The van der Waals surface area contributed by atoms with Gasteiger partial charge in [0.1, 0.15) is 12.4 Å². The molecule has 2 rings (SSSR count). The van der Waals surface area contributed by atoms with Crippen molar-refractivity contribution in [3.05, 3.63) is 71.8 Å². The smallest absolute Gasteiger partial charge is 0.120 e. The van der Waals surface area contributed by atoms with Gasteiger partial charge in [0.05, 0.1) is 5.69 Å². The van der Waals surface area contributed by atoms with Gasteiger partial charge < -0.3 is 4.74 Å². The molecule has 20 heavy (non-hydrogen) atoms. The lowest BCUT2D eigenvalue weighted by atomic mass is 10.1. The molecule has 0 heterocycles. The molecule has 0 radical (unpaired) electrons. The normalized spacial score (nSPS) is 10.7. The monoisotopic (exact) mass is 265 g/mol. The van der Waals surface area contributed by atoms with Crippen molar-refractivity contribution in [1.29, 1.82) is 0 Å².